The van der Waals surface area contributed by atoms with Crippen LogP contribution in [-0.2, 0) is 24.4 Å². The predicted molar refractivity (Wildman–Crippen MR) is 89.2 cm³/mol. The van der Waals surface area contributed by atoms with Gasteiger partial charge in [-0.1, -0.05) is 35.5 Å². The number of ether oxygens (including phenoxy) is 1. The van der Waals surface area contributed by atoms with E-state index in [1.807, 2.05) is 54.1 Å². The summed E-state index contributed by atoms with van der Waals surface area (Å²) >= 11 is 0. The first-order valence-electron chi connectivity index (χ1n) is 8.15. The van der Waals surface area contributed by atoms with E-state index < -0.39 is 0 Å². The van der Waals surface area contributed by atoms with Crippen LogP contribution in [0.2, 0.25) is 0 Å². The molecule has 0 saturated heterocycles. The monoisotopic (exact) mass is 324 g/mol. The van der Waals surface area contributed by atoms with Crippen molar-refractivity contribution >= 4 is 0 Å². The minimum atomic E-state index is 0.0823. The molecule has 24 heavy (non-hydrogen) atoms. The van der Waals surface area contributed by atoms with Crippen molar-refractivity contribution in [1.82, 2.24) is 20.3 Å². The molecule has 4 rings (SSSR count). The molecule has 1 aliphatic rings. The molecule has 0 spiro atoms. The second kappa shape index (κ2) is 6.59. The van der Waals surface area contributed by atoms with Gasteiger partial charge in [0.05, 0.1) is 31.5 Å². The van der Waals surface area contributed by atoms with Gasteiger partial charge in [-0.15, -0.1) is 5.10 Å². The molecule has 0 aliphatic carbocycles. The second-order valence-electron chi connectivity index (χ2n) is 6.01. The van der Waals surface area contributed by atoms with Gasteiger partial charge in [0.2, 0.25) is 0 Å². The average Bonchev–Trinajstić information content (AvgIpc) is 3.21. The van der Waals surface area contributed by atoms with E-state index in [0.717, 1.165) is 35.0 Å². The molecule has 1 atom stereocenters. The molecule has 0 amide bonds. The molecule has 0 saturated carbocycles. The number of hydrogen-bond donors (Lipinski definition) is 1. The number of aromatic nitrogens is 3. The Kier molecular flexibility index (Phi) is 4.15. The van der Waals surface area contributed by atoms with Gasteiger partial charge < -0.3 is 14.5 Å². The summed E-state index contributed by atoms with van der Waals surface area (Å²) in [4.78, 5) is 0. The van der Waals surface area contributed by atoms with Gasteiger partial charge in [-0.25, -0.2) is 4.68 Å². The van der Waals surface area contributed by atoms with Gasteiger partial charge in [-0.05, 0) is 19.1 Å². The van der Waals surface area contributed by atoms with Crippen molar-refractivity contribution in [1.29, 1.82) is 0 Å². The molecule has 6 nitrogen and oxygen atoms in total. The third-order valence-corrected chi connectivity index (χ3v) is 4.18. The fourth-order valence-corrected chi connectivity index (χ4v) is 2.94. The number of furan rings is 1. The lowest BCUT2D eigenvalue weighted by molar-refractivity contribution is 0.00106. The van der Waals surface area contributed by atoms with Crippen LogP contribution in [0.25, 0.3) is 11.3 Å². The Morgan fingerprint density at radius 2 is 2.08 bits per heavy atom. The van der Waals surface area contributed by atoms with Gasteiger partial charge in [0, 0.05) is 12.1 Å². The zero-order valence-electron chi connectivity index (χ0n) is 13.6. The van der Waals surface area contributed by atoms with Crippen LogP contribution in [0.4, 0.5) is 0 Å². The number of nitrogens with zero attached hydrogens (tertiary/aromatic N) is 3. The van der Waals surface area contributed by atoms with Gasteiger partial charge in [0.1, 0.15) is 17.2 Å². The van der Waals surface area contributed by atoms with Gasteiger partial charge >= 0.3 is 0 Å². The Hall–Kier alpha value is -2.44. The van der Waals surface area contributed by atoms with E-state index in [1.165, 1.54) is 0 Å². The van der Waals surface area contributed by atoms with Crippen LogP contribution in [0.3, 0.4) is 0 Å². The minimum absolute atomic E-state index is 0.0823. The van der Waals surface area contributed by atoms with Crippen molar-refractivity contribution in [3.05, 3.63) is 59.7 Å². The number of fused-ring (bicyclic) bond motifs is 1. The molecular weight excluding hydrogens is 304 g/mol. The standard InChI is InChI=1S/C18H20N4O2/c1-13-7-8-15(24-13)9-19-10-16-11-22-17(12-23-16)18(20-21-22)14-5-3-2-4-6-14/h2-8,16,19H,9-12H2,1H3. The Bertz CT molecular complexity index is 810. The second-order valence-corrected chi connectivity index (χ2v) is 6.01. The molecular formula is C18H20N4O2. The third-order valence-electron chi connectivity index (χ3n) is 4.18. The zero-order chi connectivity index (χ0) is 16.4. The van der Waals surface area contributed by atoms with Crippen molar-refractivity contribution in [2.75, 3.05) is 6.54 Å². The van der Waals surface area contributed by atoms with Gasteiger partial charge in [-0.3, -0.25) is 0 Å². The highest BCUT2D eigenvalue weighted by Crippen LogP contribution is 2.24. The molecule has 1 unspecified atom stereocenters. The van der Waals surface area contributed by atoms with Crippen molar-refractivity contribution in [2.24, 2.45) is 0 Å². The smallest absolute Gasteiger partial charge is 0.118 e. The molecule has 0 bridgehead atoms. The van der Waals surface area contributed by atoms with Gasteiger partial charge in [0.25, 0.3) is 0 Å². The largest absolute Gasteiger partial charge is 0.465 e. The quantitative estimate of drug-likeness (QED) is 0.781. The molecule has 2 aromatic heterocycles. The zero-order valence-corrected chi connectivity index (χ0v) is 13.6. The Labute approximate surface area is 140 Å². The molecule has 1 aromatic carbocycles. The summed E-state index contributed by atoms with van der Waals surface area (Å²) in [6.07, 6.45) is 0.0823. The van der Waals surface area contributed by atoms with Crippen molar-refractivity contribution in [3.63, 3.8) is 0 Å². The lowest BCUT2D eigenvalue weighted by Gasteiger charge is -2.24. The normalized spacial score (nSPS) is 17.0. The molecule has 6 heteroatoms. The lowest BCUT2D eigenvalue weighted by Crippen LogP contribution is -2.36. The minimum Gasteiger partial charge on any atom is -0.465 e. The fourth-order valence-electron chi connectivity index (χ4n) is 2.94. The van der Waals surface area contributed by atoms with Crippen LogP contribution in [0, 0.1) is 6.92 Å². The van der Waals surface area contributed by atoms with Gasteiger partial charge in [-0.2, -0.15) is 0 Å². The fraction of sp³-hybridized carbons (Fsp3) is 0.333. The first-order chi connectivity index (χ1) is 11.8. The number of hydrogen-bond acceptors (Lipinski definition) is 5. The molecule has 0 radical (unpaired) electrons. The third kappa shape index (κ3) is 3.11. The van der Waals surface area contributed by atoms with Crippen LogP contribution in [0.5, 0.6) is 0 Å². The average molecular weight is 324 g/mol. The first-order valence-corrected chi connectivity index (χ1v) is 8.15. The van der Waals surface area contributed by atoms with E-state index in [9.17, 15) is 0 Å². The number of nitrogens with one attached hydrogen (secondary N) is 1. The highest BCUT2D eigenvalue weighted by atomic mass is 16.5. The highest BCUT2D eigenvalue weighted by molar-refractivity contribution is 5.61. The molecule has 1 aliphatic heterocycles. The van der Waals surface area contributed by atoms with Crippen LogP contribution >= 0.6 is 0 Å². The number of benzene rings is 1. The highest BCUT2D eigenvalue weighted by Gasteiger charge is 2.24. The Morgan fingerprint density at radius 1 is 1.21 bits per heavy atom. The van der Waals surface area contributed by atoms with E-state index in [0.29, 0.717) is 19.7 Å². The molecule has 3 heterocycles. The Balaban J connectivity index is 1.37. The van der Waals surface area contributed by atoms with Crippen LogP contribution in [-0.4, -0.2) is 27.6 Å². The predicted octanol–water partition coefficient (Wildman–Crippen LogP) is 2.54. The van der Waals surface area contributed by atoms with Crippen LogP contribution in [0.1, 0.15) is 17.2 Å². The summed E-state index contributed by atoms with van der Waals surface area (Å²) in [7, 11) is 0. The van der Waals surface area contributed by atoms with E-state index >= 15 is 0 Å². The van der Waals surface area contributed by atoms with E-state index in [4.69, 9.17) is 9.15 Å². The van der Waals surface area contributed by atoms with Crippen molar-refractivity contribution in [2.45, 2.75) is 32.7 Å². The summed E-state index contributed by atoms with van der Waals surface area (Å²) < 4.78 is 13.5. The Morgan fingerprint density at radius 3 is 2.88 bits per heavy atom. The summed E-state index contributed by atoms with van der Waals surface area (Å²) in [5.41, 5.74) is 3.03. The maximum Gasteiger partial charge on any atom is 0.118 e. The summed E-state index contributed by atoms with van der Waals surface area (Å²) in [5, 5.41) is 12.0. The SMILES string of the molecule is Cc1ccc(CNCC2Cn3nnc(-c4ccccc4)c3CO2)o1. The van der Waals surface area contributed by atoms with Crippen LogP contribution < -0.4 is 5.32 Å². The van der Waals surface area contributed by atoms with Gasteiger partial charge in [0.15, 0.2) is 0 Å². The topological polar surface area (TPSA) is 65.1 Å². The molecule has 1 N–H and O–H groups in total. The maximum absolute atomic E-state index is 5.97. The van der Waals surface area contributed by atoms with Crippen LogP contribution in [0.15, 0.2) is 46.9 Å². The summed E-state index contributed by atoms with van der Waals surface area (Å²) in [6.45, 7) is 4.64. The summed E-state index contributed by atoms with van der Waals surface area (Å²) in [5.74, 6) is 1.87. The maximum atomic E-state index is 5.97. The first kappa shape index (κ1) is 15.1. The van der Waals surface area contributed by atoms with E-state index in [-0.39, 0.29) is 6.10 Å². The van der Waals surface area contributed by atoms with E-state index in [2.05, 4.69) is 15.6 Å². The van der Waals surface area contributed by atoms with Crippen molar-refractivity contribution in [3.8, 4) is 11.3 Å². The lowest BCUT2D eigenvalue weighted by atomic mass is 10.1. The number of aryl methyl sites for hydroxylation is 1. The number of rotatable bonds is 5. The molecule has 124 valence electrons. The molecule has 3 aromatic rings. The molecule has 0 fully saturated rings. The summed E-state index contributed by atoms with van der Waals surface area (Å²) in [6, 6.07) is 14.1. The van der Waals surface area contributed by atoms with Crippen molar-refractivity contribution < 1.29 is 9.15 Å². The van der Waals surface area contributed by atoms with E-state index in [1.54, 1.807) is 0 Å².